The summed E-state index contributed by atoms with van der Waals surface area (Å²) < 4.78 is 25.4. The van der Waals surface area contributed by atoms with Gasteiger partial charge in [-0.15, -0.1) is 0 Å². The van der Waals surface area contributed by atoms with Crippen molar-refractivity contribution in [3.63, 3.8) is 0 Å². The lowest BCUT2D eigenvalue weighted by molar-refractivity contribution is -0.384. The van der Waals surface area contributed by atoms with Gasteiger partial charge in [0.05, 0.1) is 16.9 Å². The van der Waals surface area contributed by atoms with Crippen LogP contribution in [0.25, 0.3) is 0 Å². The Kier molecular flexibility index (Phi) is 5.66. The minimum absolute atomic E-state index is 0.162. The number of nitro benzene ring substituents is 1. The molecule has 138 valence electrons. The lowest BCUT2D eigenvalue weighted by atomic mass is 9.99. The van der Waals surface area contributed by atoms with Crippen LogP contribution in [0.5, 0.6) is 0 Å². The van der Waals surface area contributed by atoms with E-state index < -0.39 is 14.9 Å². The first-order valence-electron chi connectivity index (χ1n) is 8.10. The second kappa shape index (κ2) is 7.38. The molecule has 1 saturated heterocycles. The maximum Gasteiger partial charge on any atom is 0.271 e. The number of likely N-dealkylation sites (tertiary alicyclic amines) is 1. The fourth-order valence-electron chi connectivity index (χ4n) is 2.84. The zero-order valence-corrected chi connectivity index (χ0v) is 15.5. The average molecular weight is 369 g/mol. The monoisotopic (exact) mass is 369 g/mol. The number of aryl methyl sites for hydroxylation is 1. The van der Waals surface area contributed by atoms with Crippen LogP contribution < -0.4 is 4.31 Å². The molecule has 0 radical (unpaired) electrons. The molecule has 2 rings (SSSR count). The summed E-state index contributed by atoms with van der Waals surface area (Å²) in [5, 5.41) is 11.0. The van der Waals surface area contributed by atoms with Crippen LogP contribution in [0.3, 0.4) is 0 Å². The molecular weight excluding hydrogens is 346 g/mol. The van der Waals surface area contributed by atoms with E-state index in [9.17, 15) is 23.3 Å². The number of nitrogens with zero attached hydrogens (tertiary/aromatic N) is 3. The summed E-state index contributed by atoms with van der Waals surface area (Å²) in [6.45, 7) is 4.63. The highest BCUT2D eigenvalue weighted by Crippen LogP contribution is 2.28. The van der Waals surface area contributed by atoms with Crippen molar-refractivity contribution >= 4 is 27.3 Å². The molecule has 0 atom stereocenters. The van der Waals surface area contributed by atoms with E-state index in [-0.39, 0.29) is 23.8 Å². The molecule has 0 aliphatic carbocycles. The second-order valence-corrected chi connectivity index (χ2v) is 8.47. The zero-order chi connectivity index (χ0) is 18.8. The third-order valence-electron chi connectivity index (χ3n) is 4.49. The van der Waals surface area contributed by atoms with Gasteiger partial charge in [0.1, 0.15) is 6.54 Å². The largest absolute Gasteiger partial charge is 0.341 e. The Labute approximate surface area is 147 Å². The van der Waals surface area contributed by atoms with Gasteiger partial charge in [-0.3, -0.25) is 19.2 Å². The molecule has 1 aromatic rings. The number of anilines is 1. The van der Waals surface area contributed by atoms with Crippen LogP contribution in [0.4, 0.5) is 11.4 Å². The summed E-state index contributed by atoms with van der Waals surface area (Å²) in [4.78, 5) is 24.6. The van der Waals surface area contributed by atoms with E-state index >= 15 is 0 Å². The highest BCUT2D eigenvalue weighted by Gasteiger charge is 2.28. The molecule has 1 aliphatic heterocycles. The number of benzene rings is 1. The molecule has 9 heteroatoms. The van der Waals surface area contributed by atoms with Crippen LogP contribution in [0.2, 0.25) is 0 Å². The molecule has 0 N–H and O–H groups in total. The first-order chi connectivity index (χ1) is 11.6. The Morgan fingerprint density at radius 1 is 1.36 bits per heavy atom. The molecule has 1 heterocycles. The number of rotatable bonds is 5. The minimum Gasteiger partial charge on any atom is -0.341 e. The van der Waals surface area contributed by atoms with Gasteiger partial charge in [-0.2, -0.15) is 0 Å². The summed E-state index contributed by atoms with van der Waals surface area (Å²) in [6.07, 6.45) is 2.78. The quantitative estimate of drug-likeness (QED) is 0.583. The highest BCUT2D eigenvalue weighted by atomic mass is 32.2. The smallest absolute Gasteiger partial charge is 0.271 e. The molecule has 0 spiro atoms. The SMILES string of the molecule is Cc1ccc([N+](=O)[O-])cc1N(CC(=O)N1CCC(C)CC1)S(C)(=O)=O. The standard InChI is InChI=1S/C16H23N3O5S/c1-12-6-8-17(9-7-12)16(20)11-18(25(3,23)24)15-10-14(19(21)22)5-4-13(15)2/h4-5,10,12H,6-9,11H2,1-3H3. The Morgan fingerprint density at radius 2 is 1.96 bits per heavy atom. The molecule has 1 fully saturated rings. The Morgan fingerprint density at radius 3 is 2.48 bits per heavy atom. The first-order valence-corrected chi connectivity index (χ1v) is 9.95. The maximum atomic E-state index is 12.6. The van der Waals surface area contributed by atoms with Crippen LogP contribution in [-0.2, 0) is 14.8 Å². The first kappa shape index (κ1) is 19.2. The van der Waals surface area contributed by atoms with Gasteiger partial charge >= 0.3 is 0 Å². The lowest BCUT2D eigenvalue weighted by Crippen LogP contribution is -2.45. The third-order valence-corrected chi connectivity index (χ3v) is 5.61. The molecule has 8 nitrogen and oxygen atoms in total. The Bertz CT molecular complexity index is 770. The van der Waals surface area contributed by atoms with Crippen molar-refractivity contribution in [1.82, 2.24) is 4.90 Å². The van der Waals surface area contributed by atoms with Crippen molar-refractivity contribution < 1.29 is 18.1 Å². The predicted octanol–water partition coefficient (Wildman–Crippen LogP) is 1.93. The molecule has 0 unspecified atom stereocenters. The number of hydrogen-bond donors (Lipinski definition) is 0. The third kappa shape index (κ3) is 4.68. The van der Waals surface area contributed by atoms with E-state index in [0.29, 0.717) is 24.6 Å². The number of amides is 1. The number of piperidine rings is 1. The average Bonchev–Trinajstić information content (AvgIpc) is 2.52. The van der Waals surface area contributed by atoms with Crippen LogP contribution in [0.1, 0.15) is 25.3 Å². The fourth-order valence-corrected chi connectivity index (χ4v) is 3.74. The van der Waals surface area contributed by atoms with Crippen molar-refractivity contribution in [2.24, 2.45) is 5.92 Å². The van der Waals surface area contributed by atoms with E-state index in [2.05, 4.69) is 6.92 Å². The van der Waals surface area contributed by atoms with Crippen molar-refractivity contribution in [2.75, 3.05) is 30.2 Å². The van der Waals surface area contributed by atoms with Gasteiger partial charge in [0.15, 0.2) is 0 Å². The van der Waals surface area contributed by atoms with E-state index in [0.717, 1.165) is 23.4 Å². The van der Waals surface area contributed by atoms with Crippen LogP contribution in [-0.4, -0.2) is 50.0 Å². The van der Waals surface area contributed by atoms with Gasteiger partial charge < -0.3 is 4.90 Å². The van der Waals surface area contributed by atoms with E-state index in [1.54, 1.807) is 11.8 Å². The number of carbonyl (C=O) groups excluding carboxylic acids is 1. The molecular formula is C16H23N3O5S. The zero-order valence-electron chi connectivity index (χ0n) is 14.6. The number of hydrogen-bond acceptors (Lipinski definition) is 5. The van der Waals surface area contributed by atoms with Gasteiger partial charge in [0.2, 0.25) is 15.9 Å². The number of carbonyl (C=O) groups is 1. The molecule has 25 heavy (non-hydrogen) atoms. The summed E-state index contributed by atoms with van der Waals surface area (Å²) >= 11 is 0. The molecule has 1 aliphatic rings. The molecule has 1 aromatic carbocycles. The summed E-state index contributed by atoms with van der Waals surface area (Å²) in [7, 11) is -3.76. The predicted molar refractivity (Wildman–Crippen MR) is 95.0 cm³/mol. The minimum atomic E-state index is -3.76. The topological polar surface area (TPSA) is 101 Å². The normalized spacial score (nSPS) is 15.9. The molecule has 0 aromatic heterocycles. The van der Waals surface area contributed by atoms with Gasteiger partial charge in [0, 0.05) is 25.2 Å². The molecule has 0 bridgehead atoms. The fraction of sp³-hybridized carbons (Fsp3) is 0.562. The summed E-state index contributed by atoms with van der Waals surface area (Å²) in [5.41, 5.74) is 0.500. The van der Waals surface area contributed by atoms with Crippen LogP contribution in [0.15, 0.2) is 18.2 Å². The van der Waals surface area contributed by atoms with Gasteiger partial charge in [0.25, 0.3) is 5.69 Å². The lowest BCUT2D eigenvalue weighted by Gasteiger charge is -2.32. The van der Waals surface area contributed by atoms with Gasteiger partial charge in [-0.25, -0.2) is 8.42 Å². The summed E-state index contributed by atoms with van der Waals surface area (Å²) in [6, 6.07) is 3.99. The second-order valence-electron chi connectivity index (χ2n) is 6.56. The number of nitro groups is 1. The van der Waals surface area contributed by atoms with Crippen molar-refractivity contribution in [2.45, 2.75) is 26.7 Å². The van der Waals surface area contributed by atoms with Crippen LogP contribution in [0, 0.1) is 23.0 Å². The van der Waals surface area contributed by atoms with E-state index in [1.165, 1.54) is 18.2 Å². The van der Waals surface area contributed by atoms with Crippen molar-refractivity contribution in [3.05, 3.63) is 33.9 Å². The summed E-state index contributed by atoms with van der Waals surface area (Å²) in [5.74, 6) is 0.261. The molecule has 0 saturated carbocycles. The number of non-ortho nitro benzene ring substituents is 1. The Hall–Kier alpha value is -2.16. The van der Waals surface area contributed by atoms with E-state index in [1.807, 2.05) is 0 Å². The van der Waals surface area contributed by atoms with Crippen LogP contribution >= 0.6 is 0 Å². The van der Waals surface area contributed by atoms with E-state index in [4.69, 9.17) is 0 Å². The molecule has 1 amide bonds. The van der Waals surface area contributed by atoms with Gasteiger partial charge in [-0.1, -0.05) is 13.0 Å². The maximum absolute atomic E-state index is 12.6. The number of sulfonamides is 1. The highest BCUT2D eigenvalue weighted by molar-refractivity contribution is 7.92. The van der Waals surface area contributed by atoms with Crippen molar-refractivity contribution in [1.29, 1.82) is 0 Å². The van der Waals surface area contributed by atoms with Gasteiger partial charge in [-0.05, 0) is 31.2 Å². The van der Waals surface area contributed by atoms with Crippen molar-refractivity contribution in [3.8, 4) is 0 Å². The Balaban J connectivity index is 2.30.